The van der Waals surface area contributed by atoms with E-state index in [0.717, 1.165) is 16.7 Å². The third-order valence-corrected chi connectivity index (χ3v) is 6.95. The smallest absolute Gasteiger partial charge is 0.272 e. The fourth-order valence-electron chi connectivity index (χ4n) is 4.78. The van der Waals surface area contributed by atoms with Crippen LogP contribution in [0.1, 0.15) is 27.2 Å². The molecule has 212 valence electrons. The molecule has 2 N–H and O–H groups in total. The minimum absolute atomic E-state index is 0.0561. The number of aliphatic hydroxyl groups excluding tert-OH is 1. The Hall–Kier alpha value is -3.92. The number of hydrogen-bond donors (Lipinski definition) is 2. The molecule has 4 aromatic rings. The van der Waals surface area contributed by atoms with Gasteiger partial charge >= 0.3 is 0 Å². The summed E-state index contributed by atoms with van der Waals surface area (Å²) < 4.78 is 25.6. The molecule has 1 aromatic heterocycles. The highest BCUT2D eigenvalue weighted by Gasteiger charge is 2.54. The Kier molecular flexibility index (Phi) is 9.85. The second-order valence-electron chi connectivity index (χ2n) is 9.84. The highest BCUT2D eigenvalue weighted by Crippen LogP contribution is 2.32. The highest BCUT2D eigenvalue weighted by molar-refractivity contribution is 5.92. The van der Waals surface area contributed by atoms with E-state index < -0.39 is 36.6 Å². The van der Waals surface area contributed by atoms with Gasteiger partial charge in [0.05, 0.1) is 33.0 Å². The van der Waals surface area contributed by atoms with E-state index in [0.29, 0.717) is 6.61 Å². The number of amides is 1. The Labute approximate surface area is 239 Å². The number of rotatable bonds is 12. The van der Waals surface area contributed by atoms with E-state index in [1.807, 2.05) is 91.0 Å². The lowest BCUT2D eigenvalue weighted by Gasteiger charge is -2.49. The molecule has 2 heterocycles. The van der Waals surface area contributed by atoms with Crippen LogP contribution in [0.4, 0.5) is 0 Å². The summed E-state index contributed by atoms with van der Waals surface area (Å²) in [4.78, 5) is 17.4. The van der Waals surface area contributed by atoms with Crippen molar-refractivity contribution in [1.82, 2.24) is 10.3 Å². The van der Waals surface area contributed by atoms with Crippen molar-refractivity contribution in [3.05, 3.63) is 138 Å². The number of ether oxygens (including phenoxy) is 4. The molecule has 0 saturated carbocycles. The lowest BCUT2D eigenvalue weighted by atomic mass is 9.93. The predicted molar refractivity (Wildman–Crippen MR) is 153 cm³/mol. The summed E-state index contributed by atoms with van der Waals surface area (Å²) in [5.74, 6) is -0.501. The van der Waals surface area contributed by atoms with Gasteiger partial charge in [0, 0.05) is 6.20 Å². The minimum atomic E-state index is -1.61. The molecule has 0 bridgehead atoms. The summed E-state index contributed by atoms with van der Waals surface area (Å²) in [7, 11) is 0. The van der Waals surface area contributed by atoms with Gasteiger partial charge in [0.15, 0.2) is 5.72 Å². The summed E-state index contributed by atoms with van der Waals surface area (Å²) in [6, 6.07) is 34.3. The molecular weight excluding hydrogens is 520 g/mol. The van der Waals surface area contributed by atoms with Crippen molar-refractivity contribution in [2.24, 2.45) is 0 Å². The number of aromatic nitrogens is 1. The molecule has 41 heavy (non-hydrogen) atoms. The lowest BCUT2D eigenvalue weighted by molar-refractivity contribution is -0.289. The zero-order valence-corrected chi connectivity index (χ0v) is 22.7. The van der Waals surface area contributed by atoms with Crippen molar-refractivity contribution in [3.8, 4) is 0 Å². The largest absolute Gasteiger partial charge is 0.391 e. The normalized spacial score (nSPS) is 22.2. The molecule has 4 atom stereocenters. The van der Waals surface area contributed by atoms with Gasteiger partial charge in [-0.3, -0.25) is 9.78 Å². The van der Waals surface area contributed by atoms with Crippen molar-refractivity contribution >= 4 is 5.91 Å². The molecule has 8 heteroatoms. The zero-order chi connectivity index (χ0) is 28.3. The maximum absolute atomic E-state index is 13.3. The molecule has 1 fully saturated rings. The average Bonchev–Trinajstić information content (AvgIpc) is 3.04. The van der Waals surface area contributed by atoms with Crippen molar-refractivity contribution in [1.29, 1.82) is 0 Å². The third-order valence-electron chi connectivity index (χ3n) is 6.95. The van der Waals surface area contributed by atoms with Gasteiger partial charge in [-0.1, -0.05) is 97.1 Å². The molecule has 1 aliphatic heterocycles. The van der Waals surface area contributed by atoms with Gasteiger partial charge in [0.2, 0.25) is 0 Å². The summed E-state index contributed by atoms with van der Waals surface area (Å²) >= 11 is 0. The molecule has 5 rings (SSSR count). The lowest BCUT2D eigenvalue weighted by Crippen LogP contribution is -2.71. The first-order valence-corrected chi connectivity index (χ1v) is 13.6. The first-order valence-electron chi connectivity index (χ1n) is 13.6. The Balaban J connectivity index is 1.45. The molecule has 0 radical (unpaired) electrons. The monoisotopic (exact) mass is 554 g/mol. The van der Waals surface area contributed by atoms with Crippen LogP contribution in [0.3, 0.4) is 0 Å². The Bertz CT molecular complexity index is 1340. The topological polar surface area (TPSA) is 99.1 Å². The van der Waals surface area contributed by atoms with E-state index in [4.69, 9.17) is 18.9 Å². The SMILES string of the molecule is O=C(N[C@@]1(CO)OC[C@@H](OCc2ccccc2)[C@@H](OCc2ccccc2)[C@@H]1OCc1ccccc1)c1ccccn1. The van der Waals surface area contributed by atoms with Crippen LogP contribution in [0.5, 0.6) is 0 Å². The second-order valence-corrected chi connectivity index (χ2v) is 9.84. The molecule has 1 amide bonds. The summed E-state index contributed by atoms with van der Waals surface area (Å²) in [6.45, 7) is 0.310. The number of pyridine rings is 1. The molecule has 0 unspecified atom stereocenters. The first kappa shape index (κ1) is 28.6. The number of aliphatic hydroxyl groups is 1. The van der Waals surface area contributed by atoms with Crippen molar-refractivity contribution < 1.29 is 28.8 Å². The van der Waals surface area contributed by atoms with E-state index >= 15 is 0 Å². The van der Waals surface area contributed by atoms with Gasteiger partial charge in [0.1, 0.15) is 24.0 Å². The van der Waals surface area contributed by atoms with Gasteiger partial charge < -0.3 is 29.4 Å². The van der Waals surface area contributed by atoms with Crippen molar-refractivity contribution in [2.45, 2.75) is 43.9 Å². The molecule has 8 nitrogen and oxygen atoms in total. The molecular formula is C33H34N2O6. The van der Waals surface area contributed by atoms with E-state index in [1.165, 1.54) is 6.20 Å². The summed E-state index contributed by atoms with van der Waals surface area (Å²) in [6.07, 6.45) is -0.650. The van der Waals surface area contributed by atoms with E-state index in [-0.39, 0.29) is 25.5 Å². The van der Waals surface area contributed by atoms with Gasteiger partial charge in [-0.25, -0.2) is 0 Å². The van der Waals surface area contributed by atoms with Crippen LogP contribution in [0.25, 0.3) is 0 Å². The molecule has 1 saturated heterocycles. The number of nitrogens with one attached hydrogen (secondary N) is 1. The van der Waals surface area contributed by atoms with Crippen LogP contribution in [-0.4, -0.2) is 53.2 Å². The van der Waals surface area contributed by atoms with Crippen LogP contribution in [0.15, 0.2) is 115 Å². The van der Waals surface area contributed by atoms with Gasteiger partial charge in [-0.05, 0) is 28.8 Å². The van der Waals surface area contributed by atoms with E-state index in [9.17, 15) is 9.90 Å². The van der Waals surface area contributed by atoms with Crippen LogP contribution in [0.2, 0.25) is 0 Å². The Morgan fingerprint density at radius 2 is 1.32 bits per heavy atom. The minimum Gasteiger partial charge on any atom is -0.391 e. The van der Waals surface area contributed by atoms with Gasteiger partial charge in [-0.15, -0.1) is 0 Å². The van der Waals surface area contributed by atoms with Crippen LogP contribution >= 0.6 is 0 Å². The Morgan fingerprint density at radius 1 is 0.780 bits per heavy atom. The highest BCUT2D eigenvalue weighted by atomic mass is 16.6. The predicted octanol–water partition coefficient (Wildman–Crippen LogP) is 4.29. The number of hydrogen-bond acceptors (Lipinski definition) is 7. The average molecular weight is 555 g/mol. The first-order chi connectivity index (χ1) is 20.2. The van der Waals surface area contributed by atoms with Gasteiger partial charge in [0.25, 0.3) is 5.91 Å². The van der Waals surface area contributed by atoms with Crippen LogP contribution < -0.4 is 5.32 Å². The van der Waals surface area contributed by atoms with Crippen molar-refractivity contribution in [2.75, 3.05) is 13.2 Å². The number of benzene rings is 3. The molecule has 0 aliphatic carbocycles. The molecule has 0 spiro atoms. The maximum atomic E-state index is 13.3. The van der Waals surface area contributed by atoms with Gasteiger partial charge in [-0.2, -0.15) is 0 Å². The third kappa shape index (κ3) is 7.43. The fraction of sp³-hybridized carbons (Fsp3) is 0.273. The second kappa shape index (κ2) is 14.1. The fourth-order valence-corrected chi connectivity index (χ4v) is 4.78. The van der Waals surface area contributed by atoms with E-state index in [1.54, 1.807) is 18.2 Å². The quantitative estimate of drug-likeness (QED) is 0.270. The number of carbonyl (C=O) groups excluding carboxylic acids is 1. The number of carbonyl (C=O) groups is 1. The molecule has 1 aliphatic rings. The standard InChI is InChI=1S/C33H34N2O6/c36-24-33(35-32(37)28-18-10-11-19-34-28)31(40-22-27-16-8-3-9-17-27)30(39-21-26-14-6-2-7-15-26)29(23-41-33)38-20-25-12-4-1-5-13-25/h1-19,29-31,36H,20-24H2,(H,35,37)/t29-,30-,31+,33+/m1/s1. The molecule has 3 aromatic carbocycles. The number of nitrogens with zero attached hydrogens (tertiary/aromatic N) is 1. The summed E-state index contributed by atoms with van der Waals surface area (Å²) in [5, 5.41) is 13.6. The summed E-state index contributed by atoms with van der Waals surface area (Å²) in [5.41, 5.74) is 1.46. The van der Waals surface area contributed by atoms with Crippen molar-refractivity contribution in [3.63, 3.8) is 0 Å². The van der Waals surface area contributed by atoms with Crippen LogP contribution in [0, 0.1) is 0 Å². The zero-order valence-electron chi connectivity index (χ0n) is 22.7. The maximum Gasteiger partial charge on any atom is 0.272 e. The Morgan fingerprint density at radius 3 is 1.85 bits per heavy atom. The van der Waals surface area contributed by atoms with Crippen LogP contribution in [-0.2, 0) is 38.8 Å². The van der Waals surface area contributed by atoms with E-state index in [2.05, 4.69) is 10.3 Å².